The fourth-order valence-electron chi connectivity index (χ4n) is 1.57. The summed E-state index contributed by atoms with van der Waals surface area (Å²) in [5.74, 6) is -4.61. The minimum atomic E-state index is -1.94. The number of halogens is 1. The molecule has 0 bridgehead atoms. The molecule has 0 fully saturated rings. The zero-order valence-electron chi connectivity index (χ0n) is 10.3. The van der Waals surface area contributed by atoms with Crippen molar-refractivity contribution in [1.29, 1.82) is 0 Å². The highest BCUT2D eigenvalue weighted by atomic mass is 35.5. The van der Waals surface area contributed by atoms with Crippen molar-refractivity contribution in [3.63, 3.8) is 0 Å². The lowest BCUT2D eigenvalue weighted by atomic mass is 10.2. The summed E-state index contributed by atoms with van der Waals surface area (Å²) >= 11 is 6.68. The van der Waals surface area contributed by atoms with E-state index >= 15 is 0 Å². The van der Waals surface area contributed by atoms with Crippen LogP contribution in [0.25, 0.3) is 10.4 Å². The molecule has 1 aromatic carbocycles. The molecule has 0 spiro atoms. The molecule has 2 aromatic rings. The van der Waals surface area contributed by atoms with Crippen LogP contribution in [0, 0.1) is 0 Å². The fraction of sp³-hybridized carbons (Fsp3) is 0. The van der Waals surface area contributed by atoms with Gasteiger partial charge in [-0.05, 0) is 23.8 Å². The Labute approximate surface area is 127 Å². The lowest BCUT2D eigenvalue weighted by molar-refractivity contribution is -0.299. The molecule has 2 rings (SSSR count). The molecule has 0 radical (unpaired) electrons. The Morgan fingerprint density at radius 2 is 1.81 bits per heavy atom. The van der Waals surface area contributed by atoms with Gasteiger partial charge in [0.15, 0.2) is 0 Å². The Balaban J connectivity index is 2.41. The van der Waals surface area contributed by atoms with E-state index in [0.717, 1.165) is 11.3 Å². The van der Waals surface area contributed by atoms with Gasteiger partial charge in [-0.2, -0.15) is 0 Å². The number of thiophene rings is 1. The first-order valence-electron chi connectivity index (χ1n) is 5.54. The molecule has 2 N–H and O–H groups in total. The van der Waals surface area contributed by atoms with Crippen molar-refractivity contribution >= 4 is 46.5 Å². The molecule has 1 heterocycles. The Kier molecular flexibility index (Phi) is 4.25. The molecule has 108 valence electrons. The zero-order valence-corrected chi connectivity index (χ0v) is 11.8. The molecule has 0 atom stereocenters. The van der Waals surface area contributed by atoms with E-state index < -0.39 is 17.8 Å². The van der Waals surface area contributed by atoms with E-state index in [1.165, 1.54) is 6.07 Å². The second-order valence-corrected chi connectivity index (χ2v) is 5.40. The first kappa shape index (κ1) is 15.0. The molecule has 1 amide bonds. The number of benzene rings is 1. The van der Waals surface area contributed by atoms with Crippen molar-refractivity contribution in [1.82, 2.24) is 0 Å². The Bertz CT molecular complexity index is 723. The van der Waals surface area contributed by atoms with Gasteiger partial charge in [0.25, 0.3) is 5.91 Å². The molecule has 6 nitrogen and oxygen atoms in total. The number of carboxylic acid groups (broad SMARTS) is 2. The third-order valence-electron chi connectivity index (χ3n) is 2.49. The van der Waals surface area contributed by atoms with Crippen molar-refractivity contribution in [2.45, 2.75) is 0 Å². The number of carboxylic acids is 2. The quantitative estimate of drug-likeness (QED) is 0.831. The third-order valence-corrected chi connectivity index (χ3v) is 3.91. The minimum absolute atomic E-state index is 0.0911. The highest BCUT2D eigenvalue weighted by molar-refractivity contribution is 7.18. The van der Waals surface area contributed by atoms with Crippen molar-refractivity contribution < 1.29 is 24.6 Å². The smallest absolute Gasteiger partial charge is 0.348 e. The summed E-state index contributed by atoms with van der Waals surface area (Å²) in [6, 6.07) is 8.03. The summed E-state index contributed by atoms with van der Waals surface area (Å²) in [5, 5.41) is 22.0. The van der Waals surface area contributed by atoms with Gasteiger partial charge in [0.2, 0.25) is 0 Å². The van der Waals surface area contributed by atoms with Crippen molar-refractivity contribution in [3.05, 3.63) is 40.2 Å². The normalized spacial score (nSPS) is 10.1. The van der Waals surface area contributed by atoms with Gasteiger partial charge in [0, 0.05) is 9.90 Å². The van der Waals surface area contributed by atoms with Crippen LogP contribution >= 0.6 is 22.9 Å². The Morgan fingerprint density at radius 1 is 1.19 bits per heavy atom. The summed E-state index contributed by atoms with van der Waals surface area (Å²) in [6.45, 7) is 0. The summed E-state index contributed by atoms with van der Waals surface area (Å²) in [6.07, 6.45) is 0. The van der Waals surface area contributed by atoms with Gasteiger partial charge in [-0.25, -0.2) is 4.79 Å². The van der Waals surface area contributed by atoms with E-state index in [1.54, 1.807) is 24.3 Å². The number of hydrogen-bond donors (Lipinski definition) is 2. The van der Waals surface area contributed by atoms with Crippen molar-refractivity contribution in [3.8, 4) is 10.4 Å². The van der Waals surface area contributed by atoms with Crippen LogP contribution in [0.2, 0.25) is 5.02 Å². The van der Waals surface area contributed by atoms with Crippen LogP contribution in [-0.4, -0.2) is 23.0 Å². The van der Waals surface area contributed by atoms with Gasteiger partial charge in [0.1, 0.15) is 10.8 Å². The number of amides is 1. The maximum Gasteiger partial charge on any atom is 0.348 e. The highest BCUT2D eigenvalue weighted by Gasteiger charge is 2.18. The van der Waals surface area contributed by atoms with Gasteiger partial charge >= 0.3 is 5.97 Å². The maximum atomic E-state index is 11.1. The number of anilines is 1. The van der Waals surface area contributed by atoms with Gasteiger partial charge < -0.3 is 20.3 Å². The number of rotatable bonds is 3. The minimum Gasteiger partial charge on any atom is -0.540 e. The van der Waals surface area contributed by atoms with Crippen LogP contribution in [0.1, 0.15) is 9.67 Å². The van der Waals surface area contributed by atoms with Crippen LogP contribution in [0.15, 0.2) is 30.3 Å². The number of carbonyl (C=O) groups excluding carboxylic acids is 2. The van der Waals surface area contributed by atoms with E-state index in [0.29, 0.717) is 15.5 Å². The van der Waals surface area contributed by atoms with E-state index in [4.69, 9.17) is 16.7 Å². The zero-order chi connectivity index (χ0) is 15.6. The SMILES string of the molecule is O=C([O-])C(=O)Nc1cc(-c2ccc(Cl)cc2)sc1C(=O)O. The average Bonchev–Trinajstić information content (AvgIpc) is 2.83. The molecule has 0 aliphatic carbocycles. The number of aliphatic carboxylic acids is 1. The lowest BCUT2D eigenvalue weighted by Crippen LogP contribution is -2.36. The van der Waals surface area contributed by atoms with Gasteiger partial charge in [-0.3, -0.25) is 4.79 Å². The fourth-order valence-corrected chi connectivity index (χ4v) is 2.66. The lowest BCUT2D eigenvalue weighted by Gasteiger charge is -2.03. The van der Waals surface area contributed by atoms with Gasteiger partial charge in [-0.1, -0.05) is 23.7 Å². The summed E-state index contributed by atoms with van der Waals surface area (Å²) in [7, 11) is 0. The second-order valence-electron chi connectivity index (χ2n) is 3.91. The van der Waals surface area contributed by atoms with Crippen LogP contribution in [0.4, 0.5) is 5.69 Å². The van der Waals surface area contributed by atoms with Crippen LogP contribution in [0.5, 0.6) is 0 Å². The Morgan fingerprint density at radius 3 is 2.33 bits per heavy atom. The molecule has 0 saturated carbocycles. The Hall–Kier alpha value is -2.38. The topological polar surface area (TPSA) is 107 Å². The number of nitrogens with one attached hydrogen (secondary N) is 1. The molecule has 1 aromatic heterocycles. The number of aromatic carboxylic acids is 1. The third kappa shape index (κ3) is 3.39. The predicted molar refractivity (Wildman–Crippen MR) is 75.4 cm³/mol. The van der Waals surface area contributed by atoms with Crippen LogP contribution in [0.3, 0.4) is 0 Å². The van der Waals surface area contributed by atoms with Crippen molar-refractivity contribution in [2.24, 2.45) is 0 Å². The van der Waals surface area contributed by atoms with Gasteiger partial charge in [0.05, 0.1) is 5.69 Å². The monoisotopic (exact) mass is 324 g/mol. The molecule has 0 saturated heterocycles. The summed E-state index contributed by atoms with van der Waals surface area (Å²) in [4.78, 5) is 33.0. The standard InChI is InChI=1S/C13H8ClNO5S/c14-7-3-1-6(2-4-7)9-5-8(10(21-9)12(17)18)15-11(16)13(19)20/h1-5H,(H,15,16)(H,17,18)(H,19,20)/p-1. The highest BCUT2D eigenvalue weighted by Crippen LogP contribution is 2.35. The molecule has 21 heavy (non-hydrogen) atoms. The predicted octanol–water partition coefficient (Wildman–Crippen LogP) is 1.46. The molecule has 0 aliphatic heterocycles. The van der Waals surface area contributed by atoms with Crippen LogP contribution in [-0.2, 0) is 9.59 Å². The molecule has 0 aliphatic rings. The van der Waals surface area contributed by atoms with Crippen molar-refractivity contribution in [2.75, 3.05) is 5.32 Å². The van der Waals surface area contributed by atoms with Gasteiger partial charge in [-0.15, -0.1) is 11.3 Å². The average molecular weight is 325 g/mol. The summed E-state index contributed by atoms with van der Waals surface area (Å²) < 4.78 is 0. The molecular weight excluding hydrogens is 318 g/mol. The van der Waals surface area contributed by atoms with E-state index in [-0.39, 0.29) is 10.6 Å². The summed E-state index contributed by atoms with van der Waals surface area (Å²) in [5.41, 5.74) is 0.604. The number of hydrogen-bond acceptors (Lipinski definition) is 5. The van der Waals surface area contributed by atoms with E-state index in [2.05, 4.69) is 0 Å². The first-order chi connectivity index (χ1) is 9.88. The van der Waals surface area contributed by atoms with E-state index in [9.17, 15) is 19.5 Å². The number of carbonyl (C=O) groups is 3. The molecular formula is C13H7ClNO5S-. The van der Waals surface area contributed by atoms with Crippen LogP contribution < -0.4 is 10.4 Å². The maximum absolute atomic E-state index is 11.1. The molecule has 0 unspecified atom stereocenters. The molecule has 8 heteroatoms. The van der Waals surface area contributed by atoms with E-state index in [1.807, 2.05) is 5.32 Å². The first-order valence-corrected chi connectivity index (χ1v) is 6.73. The second kappa shape index (κ2) is 5.94. The largest absolute Gasteiger partial charge is 0.540 e.